The predicted octanol–water partition coefficient (Wildman–Crippen LogP) is 2.64. The first kappa shape index (κ1) is 15.2. The second-order valence-corrected chi connectivity index (χ2v) is 5.72. The van der Waals surface area contributed by atoms with Crippen LogP contribution in [-0.4, -0.2) is 42.9 Å². The molecule has 1 N–H and O–H groups in total. The number of nitrogens with zero attached hydrogens (tertiary/aromatic N) is 1. The smallest absolute Gasteiger partial charge is 0.119 e. The lowest BCUT2D eigenvalue weighted by Crippen LogP contribution is -2.32. The molecule has 0 unspecified atom stereocenters. The Hall–Kier alpha value is -1.68. The third-order valence-corrected chi connectivity index (χ3v) is 4.43. The van der Waals surface area contributed by atoms with Gasteiger partial charge in [-0.05, 0) is 17.5 Å². The van der Waals surface area contributed by atoms with Gasteiger partial charge in [0, 0.05) is 19.6 Å². The first-order valence-corrected chi connectivity index (χ1v) is 7.93. The molecule has 0 aliphatic carbocycles. The lowest BCUT2D eigenvalue weighted by atomic mass is 9.83. The molecule has 0 aromatic heterocycles. The Kier molecular flexibility index (Phi) is 4.88. The van der Waals surface area contributed by atoms with Gasteiger partial charge < -0.3 is 9.84 Å². The first-order valence-electron chi connectivity index (χ1n) is 7.93. The number of rotatable bonds is 4. The molecular formula is C19H23NO2. The molecule has 0 radical (unpaired) electrons. The second-order valence-electron chi connectivity index (χ2n) is 5.72. The molecule has 1 aliphatic heterocycles. The molecule has 116 valence electrons. The molecule has 0 spiro atoms. The summed E-state index contributed by atoms with van der Waals surface area (Å²) in [5, 5.41) is 9.19. The zero-order chi connectivity index (χ0) is 15.3. The molecule has 22 heavy (non-hydrogen) atoms. The quantitative estimate of drug-likeness (QED) is 0.941. The third kappa shape index (κ3) is 3.07. The van der Waals surface area contributed by atoms with Crippen molar-refractivity contribution in [2.24, 2.45) is 0 Å². The molecule has 2 aromatic rings. The SMILES string of the molecule is OCCN1CCOC(c2ccccc2)(c2ccccc2)CC1. The Morgan fingerprint density at radius 2 is 1.50 bits per heavy atom. The molecular weight excluding hydrogens is 274 g/mol. The molecule has 0 amide bonds. The lowest BCUT2D eigenvalue weighted by Gasteiger charge is -2.34. The Balaban J connectivity index is 1.98. The van der Waals surface area contributed by atoms with Gasteiger partial charge in [0.2, 0.25) is 0 Å². The molecule has 3 rings (SSSR count). The average Bonchev–Trinajstić information content (AvgIpc) is 2.81. The van der Waals surface area contributed by atoms with Crippen LogP contribution in [0.5, 0.6) is 0 Å². The van der Waals surface area contributed by atoms with Crippen LogP contribution in [0.1, 0.15) is 17.5 Å². The van der Waals surface area contributed by atoms with Gasteiger partial charge in [-0.3, -0.25) is 4.90 Å². The van der Waals surface area contributed by atoms with Gasteiger partial charge in [0.1, 0.15) is 5.60 Å². The molecule has 3 heteroatoms. The number of aliphatic hydroxyl groups excluding tert-OH is 1. The molecule has 0 atom stereocenters. The molecule has 1 saturated heterocycles. The highest BCUT2D eigenvalue weighted by atomic mass is 16.5. The molecule has 3 nitrogen and oxygen atoms in total. The highest BCUT2D eigenvalue weighted by Crippen LogP contribution is 2.38. The molecule has 0 saturated carbocycles. The van der Waals surface area contributed by atoms with Crippen molar-refractivity contribution in [2.45, 2.75) is 12.0 Å². The molecule has 1 fully saturated rings. The van der Waals surface area contributed by atoms with E-state index in [0.29, 0.717) is 13.2 Å². The van der Waals surface area contributed by atoms with E-state index in [4.69, 9.17) is 4.74 Å². The Morgan fingerprint density at radius 1 is 0.909 bits per heavy atom. The number of hydrogen-bond acceptors (Lipinski definition) is 3. The number of hydrogen-bond donors (Lipinski definition) is 1. The van der Waals surface area contributed by atoms with Crippen molar-refractivity contribution in [3.8, 4) is 0 Å². The maximum absolute atomic E-state index is 9.19. The van der Waals surface area contributed by atoms with Crippen LogP contribution in [0.25, 0.3) is 0 Å². The van der Waals surface area contributed by atoms with Crippen molar-refractivity contribution in [1.82, 2.24) is 4.90 Å². The summed E-state index contributed by atoms with van der Waals surface area (Å²) in [5.41, 5.74) is 2.01. The van der Waals surface area contributed by atoms with Crippen molar-refractivity contribution in [1.29, 1.82) is 0 Å². The summed E-state index contributed by atoms with van der Waals surface area (Å²) in [5.74, 6) is 0. The highest BCUT2D eigenvalue weighted by molar-refractivity contribution is 5.36. The Bertz CT molecular complexity index is 531. The van der Waals surface area contributed by atoms with E-state index in [1.807, 2.05) is 12.1 Å². The molecule has 1 heterocycles. The van der Waals surface area contributed by atoms with Crippen LogP contribution in [0.4, 0.5) is 0 Å². The van der Waals surface area contributed by atoms with Gasteiger partial charge in [-0.2, -0.15) is 0 Å². The van der Waals surface area contributed by atoms with Gasteiger partial charge in [-0.15, -0.1) is 0 Å². The summed E-state index contributed by atoms with van der Waals surface area (Å²) >= 11 is 0. The Morgan fingerprint density at radius 3 is 2.05 bits per heavy atom. The fraction of sp³-hybridized carbons (Fsp3) is 0.368. The minimum absolute atomic E-state index is 0.198. The molecule has 1 aliphatic rings. The van der Waals surface area contributed by atoms with Crippen LogP contribution in [0, 0.1) is 0 Å². The van der Waals surface area contributed by atoms with Crippen LogP contribution in [0.3, 0.4) is 0 Å². The van der Waals surface area contributed by atoms with Gasteiger partial charge in [0.25, 0.3) is 0 Å². The fourth-order valence-electron chi connectivity index (χ4n) is 3.25. The van der Waals surface area contributed by atoms with E-state index in [1.165, 1.54) is 11.1 Å². The van der Waals surface area contributed by atoms with E-state index >= 15 is 0 Å². The number of ether oxygens (including phenoxy) is 1. The van der Waals surface area contributed by atoms with Gasteiger partial charge in [0.15, 0.2) is 0 Å². The van der Waals surface area contributed by atoms with E-state index < -0.39 is 5.60 Å². The summed E-state index contributed by atoms with van der Waals surface area (Å²) in [6.07, 6.45) is 0.890. The van der Waals surface area contributed by atoms with Gasteiger partial charge >= 0.3 is 0 Å². The number of benzene rings is 2. The third-order valence-electron chi connectivity index (χ3n) is 4.43. The minimum atomic E-state index is -0.396. The van der Waals surface area contributed by atoms with Crippen LogP contribution < -0.4 is 0 Å². The lowest BCUT2D eigenvalue weighted by molar-refractivity contribution is -0.0102. The largest absolute Gasteiger partial charge is 0.395 e. The van der Waals surface area contributed by atoms with Gasteiger partial charge in [-0.1, -0.05) is 60.7 Å². The van der Waals surface area contributed by atoms with Crippen molar-refractivity contribution >= 4 is 0 Å². The van der Waals surface area contributed by atoms with Crippen LogP contribution in [0.15, 0.2) is 60.7 Å². The van der Waals surface area contributed by atoms with E-state index in [0.717, 1.165) is 19.5 Å². The predicted molar refractivity (Wildman–Crippen MR) is 87.8 cm³/mol. The van der Waals surface area contributed by atoms with Crippen molar-refractivity contribution in [3.63, 3.8) is 0 Å². The number of aliphatic hydroxyl groups is 1. The maximum Gasteiger partial charge on any atom is 0.119 e. The van der Waals surface area contributed by atoms with E-state index in [9.17, 15) is 5.11 Å². The molecule has 0 bridgehead atoms. The van der Waals surface area contributed by atoms with Gasteiger partial charge in [0.05, 0.1) is 13.2 Å². The fourth-order valence-corrected chi connectivity index (χ4v) is 3.25. The Labute approximate surface area is 132 Å². The summed E-state index contributed by atoms with van der Waals surface area (Å²) in [7, 11) is 0. The molecule has 2 aromatic carbocycles. The average molecular weight is 297 g/mol. The monoisotopic (exact) mass is 297 g/mol. The summed E-state index contributed by atoms with van der Waals surface area (Å²) < 4.78 is 6.42. The van der Waals surface area contributed by atoms with E-state index in [2.05, 4.69) is 53.4 Å². The zero-order valence-electron chi connectivity index (χ0n) is 12.8. The standard InChI is InChI=1S/C19H23NO2/c21-15-13-20-12-11-19(22-16-14-20,17-7-3-1-4-8-17)18-9-5-2-6-10-18/h1-10,21H,11-16H2. The van der Waals surface area contributed by atoms with Crippen molar-refractivity contribution < 1.29 is 9.84 Å². The normalized spacial score (nSPS) is 18.8. The summed E-state index contributed by atoms with van der Waals surface area (Å²) in [6.45, 7) is 3.36. The minimum Gasteiger partial charge on any atom is -0.395 e. The van der Waals surface area contributed by atoms with E-state index in [-0.39, 0.29) is 6.61 Å². The maximum atomic E-state index is 9.19. The zero-order valence-corrected chi connectivity index (χ0v) is 12.8. The van der Waals surface area contributed by atoms with Crippen LogP contribution in [0.2, 0.25) is 0 Å². The van der Waals surface area contributed by atoms with Crippen LogP contribution in [-0.2, 0) is 10.3 Å². The van der Waals surface area contributed by atoms with Crippen LogP contribution >= 0.6 is 0 Å². The van der Waals surface area contributed by atoms with Crippen molar-refractivity contribution in [3.05, 3.63) is 71.8 Å². The second kappa shape index (κ2) is 7.05. The van der Waals surface area contributed by atoms with Crippen molar-refractivity contribution in [2.75, 3.05) is 32.8 Å². The number of β-amino-alcohol motifs (C(OH)–C–C–N with tert-alkyl or cyclic N) is 1. The first-order chi connectivity index (χ1) is 10.8. The highest BCUT2D eigenvalue weighted by Gasteiger charge is 2.37. The topological polar surface area (TPSA) is 32.7 Å². The van der Waals surface area contributed by atoms with Gasteiger partial charge in [-0.25, -0.2) is 0 Å². The summed E-state index contributed by atoms with van der Waals surface area (Å²) in [4.78, 5) is 2.27. The summed E-state index contributed by atoms with van der Waals surface area (Å²) in [6, 6.07) is 20.9. The van der Waals surface area contributed by atoms with E-state index in [1.54, 1.807) is 0 Å².